The van der Waals surface area contributed by atoms with Crippen molar-refractivity contribution in [1.82, 2.24) is 10.4 Å². The number of hydrazine groups is 1. The number of nitrogens with two attached hydrogens (primary N) is 1. The number of amides is 1. The molecule has 6 heteroatoms. The summed E-state index contributed by atoms with van der Waals surface area (Å²) < 4.78 is 0.921. The Morgan fingerprint density at radius 1 is 1.30 bits per heavy atom. The maximum atomic E-state index is 11.9. The van der Waals surface area contributed by atoms with Gasteiger partial charge in [0, 0.05) is 16.4 Å². The topological polar surface area (TPSA) is 68.0 Å². The van der Waals surface area contributed by atoms with Crippen LogP contribution < -0.4 is 11.3 Å². The molecule has 0 radical (unpaired) electrons. The Hall–Kier alpha value is -1.37. The number of rotatable bonds is 5. The number of carbonyl (C=O) groups excluding carboxylic acids is 1. The van der Waals surface area contributed by atoms with E-state index in [0.717, 1.165) is 15.1 Å². The molecule has 1 aromatic carbocycles. The van der Waals surface area contributed by atoms with E-state index < -0.39 is 0 Å². The number of nitrogens with zero attached hydrogens (tertiary/aromatic N) is 1. The molecule has 1 aromatic heterocycles. The molecule has 3 N–H and O–H groups in total. The fourth-order valence-corrected chi connectivity index (χ4v) is 3.36. The zero-order chi connectivity index (χ0) is 14.4. The van der Waals surface area contributed by atoms with Crippen molar-refractivity contribution in [2.24, 2.45) is 5.84 Å². The minimum Gasteiger partial charge on any atom is -0.294 e. The van der Waals surface area contributed by atoms with Crippen LogP contribution in [0.3, 0.4) is 0 Å². The van der Waals surface area contributed by atoms with Gasteiger partial charge < -0.3 is 0 Å². The maximum Gasteiger partial charge on any atom is 0.242 e. The summed E-state index contributed by atoms with van der Waals surface area (Å²) in [5.41, 5.74) is 3.17. The number of carbonyl (C=O) groups is 1. The molecule has 4 nitrogen and oxygen atoms in total. The smallest absolute Gasteiger partial charge is 0.242 e. The van der Waals surface area contributed by atoms with E-state index in [1.807, 2.05) is 42.5 Å². The van der Waals surface area contributed by atoms with Crippen LogP contribution in [0.25, 0.3) is 0 Å². The van der Waals surface area contributed by atoms with E-state index in [-0.39, 0.29) is 11.8 Å². The van der Waals surface area contributed by atoms with Crippen LogP contribution in [-0.4, -0.2) is 16.6 Å². The predicted molar refractivity (Wildman–Crippen MR) is 84.2 cm³/mol. The lowest BCUT2D eigenvalue weighted by Gasteiger charge is -2.15. The predicted octanol–water partition coefficient (Wildman–Crippen LogP) is 2.71. The Morgan fingerprint density at radius 2 is 2.05 bits per heavy atom. The summed E-state index contributed by atoms with van der Waals surface area (Å²) in [6.07, 6.45) is 1.73. The van der Waals surface area contributed by atoms with Gasteiger partial charge in [-0.15, -0.1) is 11.8 Å². The van der Waals surface area contributed by atoms with Crippen LogP contribution in [-0.2, 0) is 4.79 Å². The highest BCUT2D eigenvalue weighted by atomic mass is 79.9. The molecule has 104 valence electrons. The van der Waals surface area contributed by atoms with Gasteiger partial charge in [0.1, 0.15) is 5.03 Å². The highest BCUT2D eigenvalue weighted by molar-refractivity contribution is 9.10. The average Bonchev–Trinajstić information content (AvgIpc) is 2.50. The second-order valence-electron chi connectivity index (χ2n) is 4.07. The Bertz CT molecular complexity index is 580. The Morgan fingerprint density at radius 3 is 2.70 bits per heavy atom. The quantitative estimate of drug-likeness (QED) is 0.376. The first-order chi connectivity index (χ1) is 9.72. The van der Waals surface area contributed by atoms with Gasteiger partial charge in [-0.25, -0.2) is 10.8 Å². The van der Waals surface area contributed by atoms with Crippen molar-refractivity contribution >= 4 is 33.6 Å². The molecule has 0 aliphatic carbocycles. The second-order valence-corrected chi connectivity index (χ2v) is 5.94. The lowest BCUT2D eigenvalue weighted by atomic mass is 10.0. The number of nitrogens with one attached hydrogen (secondary N) is 1. The van der Waals surface area contributed by atoms with E-state index in [1.54, 1.807) is 6.20 Å². The molecule has 0 saturated carbocycles. The molecule has 2 aromatic rings. The highest BCUT2D eigenvalue weighted by Gasteiger charge is 2.20. The molecule has 1 unspecified atom stereocenters. The van der Waals surface area contributed by atoms with Crippen LogP contribution in [0.2, 0.25) is 0 Å². The average molecular weight is 352 g/mol. The molecule has 0 aliphatic rings. The molecule has 0 aliphatic heterocycles. The standard InChI is InChI=1S/C14H14BrN3OS/c15-12-7-4-8-17-14(12)20-9-11(13(19)18-16)10-5-2-1-3-6-10/h1-8,11H,9,16H2,(H,18,19). The third-order valence-electron chi connectivity index (χ3n) is 2.77. The van der Waals surface area contributed by atoms with Crippen LogP contribution in [0.1, 0.15) is 11.5 Å². The van der Waals surface area contributed by atoms with E-state index >= 15 is 0 Å². The number of pyridine rings is 1. The molecule has 2 rings (SSSR count). The molecule has 0 fully saturated rings. The normalized spacial score (nSPS) is 11.9. The van der Waals surface area contributed by atoms with E-state index in [4.69, 9.17) is 5.84 Å². The first-order valence-corrected chi connectivity index (χ1v) is 7.79. The second kappa shape index (κ2) is 7.42. The van der Waals surface area contributed by atoms with Crippen molar-refractivity contribution in [3.05, 3.63) is 58.7 Å². The van der Waals surface area contributed by atoms with Gasteiger partial charge in [0.2, 0.25) is 5.91 Å². The molecule has 20 heavy (non-hydrogen) atoms. The fraction of sp³-hybridized carbons (Fsp3) is 0.143. The molecule has 1 atom stereocenters. The largest absolute Gasteiger partial charge is 0.294 e. The van der Waals surface area contributed by atoms with Crippen LogP contribution >= 0.6 is 27.7 Å². The Labute approximate surface area is 130 Å². The molecular weight excluding hydrogens is 338 g/mol. The molecule has 0 bridgehead atoms. The maximum absolute atomic E-state index is 11.9. The molecule has 0 saturated heterocycles. The van der Waals surface area contributed by atoms with Crippen molar-refractivity contribution in [3.63, 3.8) is 0 Å². The number of halogens is 1. The van der Waals surface area contributed by atoms with E-state index in [1.165, 1.54) is 11.8 Å². The summed E-state index contributed by atoms with van der Waals surface area (Å²) in [6, 6.07) is 13.4. The highest BCUT2D eigenvalue weighted by Crippen LogP contribution is 2.29. The SMILES string of the molecule is NNC(=O)C(CSc1ncccc1Br)c1ccccc1. The summed E-state index contributed by atoms with van der Waals surface area (Å²) in [5, 5.41) is 0.859. The number of hydrogen-bond donors (Lipinski definition) is 2. The summed E-state index contributed by atoms with van der Waals surface area (Å²) in [7, 11) is 0. The molecular formula is C14H14BrN3OS. The van der Waals surface area contributed by atoms with Gasteiger partial charge in [0.05, 0.1) is 5.92 Å². The minimum atomic E-state index is -0.305. The zero-order valence-electron chi connectivity index (χ0n) is 10.6. The number of thioether (sulfide) groups is 1. The van der Waals surface area contributed by atoms with Gasteiger partial charge in [0.25, 0.3) is 0 Å². The van der Waals surface area contributed by atoms with E-state index in [2.05, 4.69) is 26.3 Å². The minimum absolute atomic E-state index is 0.198. The van der Waals surface area contributed by atoms with Crippen molar-refractivity contribution in [3.8, 4) is 0 Å². The summed E-state index contributed by atoms with van der Waals surface area (Å²) in [6.45, 7) is 0. The van der Waals surface area contributed by atoms with Gasteiger partial charge in [-0.1, -0.05) is 30.3 Å². The van der Waals surface area contributed by atoms with Gasteiger partial charge in [-0.2, -0.15) is 0 Å². The Balaban J connectivity index is 2.14. The summed E-state index contributed by atoms with van der Waals surface area (Å²) >= 11 is 4.97. The van der Waals surface area contributed by atoms with Crippen LogP contribution in [0, 0.1) is 0 Å². The number of hydrogen-bond acceptors (Lipinski definition) is 4. The van der Waals surface area contributed by atoms with Crippen molar-refractivity contribution in [2.75, 3.05) is 5.75 Å². The van der Waals surface area contributed by atoms with Crippen LogP contribution in [0.15, 0.2) is 58.2 Å². The lowest BCUT2D eigenvalue weighted by molar-refractivity contribution is -0.122. The Kier molecular flexibility index (Phi) is 5.58. The van der Waals surface area contributed by atoms with Crippen molar-refractivity contribution in [1.29, 1.82) is 0 Å². The molecule has 1 amide bonds. The first kappa shape index (κ1) is 15.0. The lowest BCUT2D eigenvalue weighted by Crippen LogP contribution is -2.35. The number of benzene rings is 1. The summed E-state index contributed by atoms with van der Waals surface area (Å²) in [5.74, 6) is 5.34. The first-order valence-electron chi connectivity index (χ1n) is 6.01. The molecule has 1 heterocycles. The van der Waals surface area contributed by atoms with Crippen molar-refractivity contribution < 1.29 is 4.79 Å². The zero-order valence-corrected chi connectivity index (χ0v) is 13.0. The number of aromatic nitrogens is 1. The fourth-order valence-electron chi connectivity index (χ4n) is 1.75. The van der Waals surface area contributed by atoms with E-state index in [9.17, 15) is 4.79 Å². The van der Waals surface area contributed by atoms with Gasteiger partial charge in [-0.3, -0.25) is 10.2 Å². The molecule has 0 spiro atoms. The monoisotopic (exact) mass is 351 g/mol. The van der Waals surface area contributed by atoms with Crippen molar-refractivity contribution in [2.45, 2.75) is 10.9 Å². The van der Waals surface area contributed by atoms with Gasteiger partial charge in [-0.05, 0) is 33.6 Å². The third kappa shape index (κ3) is 3.82. The van der Waals surface area contributed by atoms with Gasteiger partial charge >= 0.3 is 0 Å². The van der Waals surface area contributed by atoms with Gasteiger partial charge in [0.15, 0.2) is 0 Å². The van der Waals surface area contributed by atoms with Crippen LogP contribution in [0.5, 0.6) is 0 Å². The van der Waals surface area contributed by atoms with E-state index in [0.29, 0.717) is 5.75 Å². The third-order valence-corrected chi connectivity index (χ3v) is 4.77. The van der Waals surface area contributed by atoms with Crippen LogP contribution in [0.4, 0.5) is 0 Å². The summed E-state index contributed by atoms with van der Waals surface area (Å²) in [4.78, 5) is 16.2.